The summed E-state index contributed by atoms with van der Waals surface area (Å²) in [6.45, 7) is 8.73. The fraction of sp³-hybridized carbons (Fsp3) is 0.211. The first-order valence-corrected chi connectivity index (χ1v) is 15.2. The van der Waals surface area contributed by atoms with Crippen molar-refractivity contribution in [2.75, 3.05) is 21.3 Å². The van der Waals surface area contributed by atoms with E-state index in [1.165, 1.54) is 22.3 Å². The van der Waals surface area contributed by atoms with Crippen molar-refractivity contribution in [1.29, 1.82) is 0 Å². The first-order valence-electron chi connectivity index (χ1n) is 15.2. The van der Waals surface area contributed by atoms with Crippen LogP contribution in [0.4, 0.5) is 45.5 Å². The van der Waals surface area contributed by atoms with Crippen molar-refractivity contribution in [2.24, 2.45) is 0 Å². The third kappa shape index (κ3) is 7.32. The van der Waals surface area contributed by atoms with Gasteiger partial charge in [-0.1, -0.05) is 76.2 Å². The average Bonchev–Trinajstić information content (AvgIpc) is 3.04. The van der Waals surface area contributed by atoms with Gasteiger partial charge in [0.2, 0.25) is 0 Å². The van der Waals surface area contributed by atoms with E-state index in [1.807, 2.05) is 0 Å². The number of aryl methyl sites for hydroxylation is 4. The van der Waals surface area contributed by atoms with E-state index in [2.05, 4.69) is 158 Å². The zero-order valence-corrected chi connectivity index (χ0v) is 25.2. The largest absolute Gasteiger partial charge is 0.354 e. The van der Waals surface area contributed by atoms with Crippen molar-refractivity contribution in [1.82, 2.24) is 0 Å². The average molecular weight is 555 g/mol. The van der Waals surface area contributed by atoms with Gasteiger partial charge in [0.15, 0.2) is 0 Å². The Morgan fingerprint density at radius 1 is 0.310 bits per heavy atom. The molecule has 5 aromatic rings. The molecule has 0 heterocycles. The molecule has 42 heavy (non-hydrogen) atoms. The third-order valence-corrected chi connectivity index (χ3v) is 7.72. The van der Waals surface area contributed by atoms with E-state index in [9.17, 15) is 0 Å². The summed E-state index contributed by atoms with van der Waals surface area (Å²) in [7, 11) is 0. The predicted octanol–water partition coefficient (Wildman–Crippen LogP) is 10.9. The fourth-order valence-corrected chi connectivity index (χ4v) is 4.93. The molecule has 0 aliphatic carbocycles. The molecule has 0 aromatic heterocycles. The van der Waals surface area contributed by atoms with E-state index in [1.54, 1.807) is 0 Å². The van der Waals surface area contributed by atoms with Gasteiger partial charge in [0.05, 0.1) is 22.7 Å². The van der Waals surface area contributed by atoms with Crippen LogP contribution in [0.5, 0.6) is 0 Å². The van der Waals surface area contributed by atoms with Gasteiger partial charge in [0, 0.05) is 22.7 Å². The molecule has 0 saturated heterocycles. The zero-order chi connectivity index (χ0) is 29.3. The molecular formula is C38H42N4. The number of hydrogen-bond acceptors (Lipinski definition) is 4. The Morgan fingerprint density at radius 2 is 0.500 bits per heavy atom. The SMILES string of the molecule is CCc1ccc(Nc2cc(Nc3ccc(CC)cc3)c(Nc3ccc(CC)cc3)cc2Nc2ccc(CC)cc2)cc1. The molecule has 0 aliphatic rings. The third-order valence-electron chi connectivity index (χ3n) is 7.72. The van der Waals surface area contributed by atoms with Gasteiger partial charge in [-0.25, -0.2) is 0 Å². The highest BCUT2D eigenvalue weighted by Gasteiger charge is 2.13. The summed E-state index contributed by atoms with van der Waals surface area (Å²) in [5.74, 6) is 0. The highest BCUT2D eigenvalue weighted by atomic mass is 15.0. The van der Waals surface area contributed by atoms with Crippen LogP contribution in [0, 0.1) is 0 Å². The molecule has 0 amide bonds. The molecule has 4 N–H and O–H groups in total. The number of rotatable bonds is 12. The van der Waals surface area contributed by atoms with Gasteiger partial charge in [0.25, 0.3) is 0 Å². The van der Waals surface area contributed by atoms with Gasteiger partial charge in [-0.2, -0.15) is 0 Å². The fourth-order valence-electron chi connectivity index (χ4n) is 4.93. The standard InChI is InChI=1S/C38H42N4/c1-5-27-9-17-31(18-10-27)39-35-25-37(41-33-21-13-29(7-3)14-22-33)38(42-34-23-15-30(8-4)16-24-34)26-36(35)40-32-19-11-28(6-2)12-20-32/h9-26,39-42H,5-8H2,1-4H3. The minimum absolute atomic E-state index is 0.985. The Labute approximate surface area is 251 Å². The van der Waals surface area contributed by atoms with Crippen LogP contribution in [0.1, 0.15) is 49.9 Å². The second-order valence-electron chi connectivity index (χ2n) is 10.6. The minimum Gasteiger partial charge on any atom is -0.354 e. The smallest absolute Gasteiger partial charge is 0.0645 e. The molecule has 5 aromatic carbocycles. The van der Waals surface area contributed by atoms with Crippen LogP contribution in [0.3, 0.4) is 0 Å². The Bertz CT molecular complexity index is 1330. The maximum Gasteiger partial charge on any atom is 0.0645 e. The highest BCUT2D eigenvalue weighted by Crippen LogP contribution is 2.39. The van der Waals surface area contributed by atoms with Crippen molar-refractivity contribution in [3.63, 3.8) is 0 Å². The minimum atomic E-state index is 0.985. The van der Waals surface area contributed by atoms with Crippen molar-refractivity contribution in [3.05, 3.63) is 131 Å². The summed E-state index contributed by atoms with van der Waals surface area (Å²) in [4.78, 5) is 0. The van der Waals surface area contributed by atoms with E-state index < -0.39 is 0 Å². The molecule has 4 heteroatoms. The van der Waals surface area contributed by atoms with Crippen molar-refractivity contribution in [2.45, 2.75) is 53.4 Å². The number of benzene rings is 5. The topological polar surface area (TPSA) is 48.1 Å². The Balaban J connectivity index is 1.57. The van der Waals surface area contributed by atoms with Crippen LogP contribution >= 0.6 is 0 Å². The molecule has 0 spiro atoms. The summed E-state index contributed by atoms with van der Waals surface area (Å²) >= 11 is 0. The molecule has 0 aliphatic heterocycles. The molecule has 4 nitrogen and oxygen atoms in total. The van der Waals surface area contributed by atoms with E-state index in [0.29, 0.717) is 0 Å². The monoisotopic (exact) mass is 554 g/mol. The summed E-state index contributed by atoms with van der Waals surface area (Å²) in [6, 6.07) is 39.0. The lowest BCUT2D eigenvalue weighted by molar-refractivity contribution is 1.14. The highest BCUT2D eigenvalue weighted by molar-refractivity contribution is 5.91. The van der Waals surface area contributed by atoms with Crippen molar-refractivity contribution < 1.29 is 0 Å². The van der Waals surface area contributed by atoms with Crippen LogP contribution < -0.4 is 21.3 Å². The van der Waals surface area contributed by atoms with Crippen LogP contribution in [0.15, 0.2) is 109 Å². The summed E-state index contributed by atoms with van der Waals surface area (Å²) in [5.41, 5.74) is 13.4. The first kappa shape index (κ1) is 28.8. The summed E-state index contributed by atoms with van der Waals surface area (Å²) < 4.78 is 0. The van der Waals surface area contributed by atoms with Gasteiger partial charge < -0.3 is 21.3 Å². The van der Waals surface area contributed by atoms with Crippen LogP contribution in [-0.2, 0) is 25.7 Å². The van der Waals surface area contributed by atoms with Gasteiger partial charge >= 0.3 is 0 Å². The van der Waals surface area contributed by atoms with E-state index in [0.717, 1.165) is 71.2 Å². The maximum absolute atomic E-state index is 3.69. The predicted molar refractivity (Wildman–Crippen MR) is 183 cm³/mol. The molecule has 0 radical (unpaired) electrons. The molecule has 0 bridgehead atoms. The molecule has 0 fully saturated rings. The summed E-state index contributed by atoms with van der Waals surface area (Å²) in [6.07, 6.45) is 4.08. The van der Waals surface area contributed by atoms with Crippen LogP contribution in [0.2, 0.25) is 0 Å². The zero-order valence-electron chi connectivity index (χ0n) is 25.2. The summed E-state index contributed by atoms with van der Waals surface area (Å²) in [5, 5.41) is 14.7. The number of anilines is 8. The normalized spacial score (nSPS) is 10.8. The van der Waals surface area contributed by atoms with Gasteiger partial charge in [-0.05, 0) is 109 Å². The second kappa shape index (κ2) is 13.8. The number of nitrogens with one attached hydrogen (secondary N) is 4. The Morgan fingerprint density at radius 3 is 0.667 bits per heavy atom. The maximum atomic E-state index is 3.69. The molecule has 214 valence electrons. The molecule has 5 rings (SSSR count). The lowest BCUT2D eigenvalue weighted by Crippen LogP contribution is -2.03. The van der Waals surface area contributed by atoms with Gasteiger partial charge in [-0.15, -0.1) is 0 Å². The molecular weight excluding hydrogens is 512 g/mol. The van der Waals surface area contributed by atoms with Gasteiger partial charge in [0.1, 0.15) is 0 Å². The van der Waals surface area contributed by atoms with Crippen molar-refractivity contribution in [3.8, 4) is 0 Å². The van der Waals surface area contributed by atoms with Gasteiger partial charge in [-0.3, -0.25) is 0 Å². The quantitative estimate of drug-likeness (QED) is 0.124. The Hall–Kier alpha value is -4.70. The van der Waals surface area contributed by atoms with Crippen molar-refractivity contribution >= 4 is 45.5 Å². The van der Waals surface area contributed by atoms with E-state index in [-0.39, 0.29) is 0 Å². The first-order chi connectivity index (χ1) is 20.6. The molecule has 0 saturated carbocycles. The van der Waals surface area contributed by atoms with E-state index >= 15 is 0 Å². The van der Waals surface area contributed by atoms with E-state index in [4.69, 9.17) is 0 Å². The number of hydrogen-bond donors (Lipinski definition) is 4. The Kier molecular flexibility index (Phi) is 9.45. The second-order valence-corrected chi connectivity index (χ2v) is 10.6. The molecule has 0 unspecified atom stereocenters. The molecule has 0 atom stereocenters. The van der Waals surface area contributed by atoms with Crippen LogP contribution in [-0.4, -0.2) is 0 Å². The lowest BCUT2D eigenvalue weighted by atomic mass is 10.1. The van der Waals surface area contributed by atoms with Crippen LogP contribution in [0.25, 0.3) is 0 Å². The lowest BCUT2D eigenvalue weighted by Gasteiger charge is -2.21.